The number of aromatic nitrogens is 1. The van der Waals surface area contributed by atoms with E-state index in [4.69, 9.17) is 5.84 Å². The molecule has 5 nitrogen and oxygen atoms in total. The molecular formula is C9H8N4OS. The highest BCUT2D eigenvalue weighted by Gasteiger charge is 2.05. The number of fused-ring (bicyclic) bond motifs is 1. The number of hydrogen-bond acceptors (Lipinski definition) is 5. The highest BCUT2D eigenvalue weighted by atomic mass is 32.1. The first-order valence-electron chi connectivity index (χ1n) is 4.17. The largest absolute Gasteiger partial charge is 0.322 e. The van der Waals surface area contributed by atoms with Gasteiger partial charge in [-0.15, -0.1) is 11.3 Å². The molecule has 0 aliphatic heterocycles. The van der Waals surface area contributed by atoms with E-state index in [9.17, 15) is 4.79 Å². The van der Waals surface area contributed by atoms with Crippen molar-refractivity contribution in [2.45, 2.75) is 0 Å². The van der Waals surface area contributed by atoms with E-state index in [0.717, 1.165) is 16.6 Å². The molecule has 3 N–H and O–H groups in total. The van der Waals surface area contributed by atoms with Crippen molar-refractivity contribution in [2.75, 3.05) is 0 Å². The number of amides is 1. The molecule has 0 saturated heterocycles. The number of carbonyl (C=O) groups excluding carboxylic acids is 1. The van der Waals surface area contributed by atoms with Crippen LogP contribution in [-0.4, -0.2) is 17.2 Å². The molecule has 1 aromatic carbocycles. The second-order valence-corrected chi connectivity index (χ2v) is 3.67. The summed E-state index contributed by atoms with van der Waals surface area (Å²) in [5, 5.41) is 5.61. The minimum Gasteiger partial charge on any atom is -0.322 e. The third-order valence-electron chi connectivity index (χ3n) is 1.86. The van der Waals surface area contributed by atoms with Crippen molar-refractivity contribution < 1.29 is 4.79 Å². The lowest BCUT2D eigenvalue weighted by molar-refractivity contribution is 0.0978. The Morgan fingerprint density at radius 1 is 1.60 bits per heavy atom. The summed E-state index contributed by atoms with van der Waals surface area (Å²) in [6, 6.07) is 5.33. The zero-order valence-corrected chi connectivity index (χ0v) is 8.49. The average molecular weight is 220 g/mol. The molecule has 0 bridgehead atoms. The summed E-state index contributed by atoms with van der Waals surface area (Å²) in [6.07, 6.45) is 1.15. The number of nitrogens with one attached hydrogen (secondary N) is 1. The van der Waals surface area contributed by atoms with E-state index in [2.05, 4.69) is 15.4 Å². The molecule has 0 fully saturated rings. The maximum atomic E-state index is 11.5. The van der Waals surface area contributed by atoms with Crippen LogP contribution in [0.5, 0.6) is 0 Å². The topological polar surface area (TPSA) is 80.4 Å². The molecule has 0 radical (unpaired) electrons. The van der Waals surface area contributed by atoms with Gasteiger partial charge in [0.25, 0.3) is 5.91 Å². The van der Waals surface area contributed by atoms with Gasteiger partial charge in [-0.25, -0.2) is 4.98 Å². The summed E-state index contributed by atoms with van der Waals surface area (Å²) in [7, 11) is 0. The zero-order chi connectivity index (χ0) is 10.7. The Hall–Kier alpha value is -1.95. The lowest BCUT2D eigenvalue weighted by atomic mass is 10.2. The predicted octanol–water partition coefficient (Wildman–Crippen LogP) is 0.928. The molecule has 0 aliphatic rings. The lowest BCUT2D eigenvalue weighted by Gasteiger charge is -1.98. The van der Waals surface area contributed by atoms with E-state index in [1.807, 2.05) is 6.07 Å². The Labute approximate surface area is 89.6 Å². The van der Waals surface area contributed by atoms with Gasteiger partial charge in [0.1, 0.15) is 6.34 Å². The fourth-order valence-electron chi connectivity index (χ4n) is 1.18. The van der Waals surface area contributed by atoms with Gasteiger partial charge in [0.05, 0.1) is 15.7 Å². The van der Waals surface area contributed by atoms with Crippen molar-refractivity contribution in [2.24, 2.45) is 10.9 Å². The molecule has 1 heterocycles. The number of hydrazone groups is 1. The van der Waals surface area contributed by atoms with Gasteiger partial charge in [-0.2, -0.15) is 5.10 Å². The first kappa shape index (κ1) is 9.60. The third kappa shape index (κ3) is 1.94. The molecule has 2 aromatic rings. The smallest absolute Gasteiger partial charge is 0.256 e. The van der Waals surface area contributed by atoms with Crippen LogP contribution in [0.1, 0.15) is 10.4 Å². The number of thiazole rings is 1. The molecule has 0 atom stereocenters. The Morgan fingerprint density at radius 2 is 2.47 bits per heavy atom. The minimum atomic E-state index is -0.251. The summed E-state index contributed by atoms with van der Waals surface area (Å²) in [5.41, 5.74) is 3.10. The van der Waals surface area contributed by atoms with Crippen LogP contribution in [0.3, 0.4) is 0 Å². The zero-order valence-electron chi connectivity index (χ0n) is 7.68. The van der Waals surface area contributed by atoms with Crippen LogP contribution < -0.4 is 11.2 Å². The lowest BCUT2D eigenvalue weighted by Crippen LogP contribution is -2.21. The van der Waals surface area contributed by atoms with Gasteiger partial charge in [0, 0.05) is 5.56 Å². The quantitative estimate of drug-likeness (QED) is 0.342. The van der Waals surface area contributed by atoms with Crippen LogP contribution in [0.4, 0.5) is 0 Å². The molecule has 76 valence electrons. The first-order chi connectivity index (χ1) is 7.31. The molecule has 0 unspecified atom stereocenters. The Bertz CT molecular complexity index is 520. The van der Waals surface area contributed by atoms with Gasteiger partial charge in [0.2, 0.25) is 0 Å². The number of hydrogen-bond donors (Lipinski definition) is 2. The van der Waals surface area contributed by atoms with E-state index in [1.165, 1.54) is 11.3 Å². The summed E-state index contributed by atoms with van der Waals surface area (Å²) >= 11 is 1.54. The van der Waals surface area contributed by atoms with E-state index >= 15 is 0 Å². The number of nitrogens with two attached hydrogens (primary N) is 1. The monoisotopic (exact) mass is 220 g/mol. The number of carbonyl (C=O) groups is 1. The van der Waals surface area contributed by atoms with Crippen LogP contribution >= 0.6 is 11.3 Å². The van der Waals surface area contributed by atoms with Crippen LogP contribution in [0.25, 0.3) is 10.2 Å². The maximum Gasteiger partial charge on any atom is 0.256 e. The van der Waals surface area contributed by atoms with E-state index in [0.29, 0.717) is 5.56 Å². The second kappa shape index (κ2) is 4.05. The van der Waals surface area contributed by atoms with Crippen molar-refractivity contribution in [3.63, 3.8) is 0 Å². The number of nitrogens with zero attached hydrogens (tertiary/aromatic N) is 2. The highest BCUT2D eigenvalue weighted by molar-refractivity contribution is 7.16. The SMILES string of the molecule is NN=CNC(=O)c1ccc2scnc2c1. The summed E-state index contributed by atoms with van der Waals surface area (Å²) in [4.78, 5) is 15.6. The van der Waals surface area contributed by atoms with Crippen LogP contribution in [0.15, 0.2) is 28.8 Å². The van der Waals surface area contributed by atoms with Crippen LogP contribution in [-0.2, 0) is 0 Å². The third-order valence-corrected chi connectivity index (χ3v) is 2.67. The molecule has 15 heavy (non-hydrogen) atoms. The van der Waals surface area contributed by atoms with Crippen molar-refractivity contribution in [1.29, 1.82) is 0 Å². The van der Waals surface area contributed by atoms with Crippen molar-refractivity contribution >= 4 is 33.8 Å². The number of benzene rings is 1. The van der Waals surface area contributed by atoms with Crippen molar-refractivity contribution in [3.8, 4) is 0 Å². The minimum absolute atomic E-state index is 0.251. The molecule has 0 spiro atoms. The van der Waals surface area contributed by atoms with Gasteiger partial charge in [-0.05, 0) is 18.2 Å². The van der Waals surface area contributed by atoms with Gasteiger partial charge in [0.15, 0.2) is 0 Å². The first-order valence-corrected chi connectivity index (χ1v) is 5.05. The molecular weight excluding hydrogens is 212 g/mol. The van der Waals surface area contributed by atoms with E-state index in [1.54, 1.807) is 17.6 Å². The van der Waals surface area contributed by atoms with Crippen LogP contribution in [0.2, 0.25) is 0 Å². The Morgan fingerprint density at radius 3 is 3.27 bits per heavy atom. The van der Waals surface area contributed by atoms with Gasteiger partial charge in [-0.1, -0.05) is 0 Å². The standard InChI is InChI=1S/C9H8N4OS/c10-13-4-11-9(14)6-1-2-8-7(3-6)12-5-15-8/h1-5H,10H2,(H,11,13,14). The van der Waals surface area contributed by atoms with Gasteiger partial charge < -0.3 is 11.2 Å². The predicted molar refractivity (Wildman–Crippen MR) is 59.8 cm³/mol. The van der Waals surface area contributed by atoms with E-state index in [-0.39, 0.29) is 5.91 Å². The number of rotatable bonds is 2. The molecule has 1 aromatic heterocycles. The van der Waals surface area contributed by atoms with Gasteiger partial charge in [-0.3, -0.25) is 4.79 Å². The summed E-state index contributed by atoms with van der Waals surface area (Å²) in [6.45, 7) is 0. The van der Waals surface area contributed by atoms with Crippen molar-refractivity contribution in [1.82, 2.24) is 10.3 Å². The van der Waals surface area contributed by atoms with Gasteiger partial charge >= 0.3 is 0 Å². The fraction of sp³-hybridized carbons (Fsp3) is 0. The van der Waals surface area contributed by atoms with Crippen LogP contribution in [0, 0.1) is 0 Å². The Kier molecular flexibility index (Phi) is 2.59. The summed E-state index contributed by atoms with van der Waals surface area (Å²) in [5.74, 6) is 4.62. The normalized spacial score (nSPS) is 10.9. The van der Waals surface area contributed by atoms with E-state index < -0.39 is 0 Å². The molecule has 0 aliphatic carbocycles. The molecule has 0 saturated carbocycles. The highest BCUT2D eigenvalue weighted by Crippen LogP contribution is 2.18. The molecule has 6 heteroatoms. The maximum absolute atomic E-state index is 11.5. The molecule has 2 rings (SSSR count). The second-order valence-electron chi connectivity index (χ2n) is 2.79. The average Bonchev–Trinajstić information content (AvgIpc) is 2.72. The summed E-state index contributed by atoms with van der Waals surface area (Å²) < 4.78 is 1.05. The fourth-order valence-corrected chi connectivity index (χ4v) is 1.84. The molecule has 1 amide bonds. The van der Waals surface area contributed by atoms with Crippen molar-refractivity contribution in [3.05, 3.63) is 29.3 Å². The Balaban J connectivity index is 2.31.